The molecule has 2 aromatic rings. The summed E-state index contributed by atoms with van der Waals surface area (Å²) in [7, 11) is 0. The molecule has 0 bridgehead atoms. The summed E-state index contributed by atoms with van der Waals surface area (Å²) >= 11 is 3.35. The van der Waals surface area contributed by atoms with Gasteiger partial charge >= 0.3 is 0 Å². The van der Waals surface area contributed by atoms with Crippen molar-refractivity contribution in [2.45, 2.75) is 6.61 Å². The Bertz CT molecular complexity index is 397. The molecule has 0 aliphatic carbocycles. The molecule has 3 heteroatoms. The predicted octanol–water partition coefficient (Wildman–Crippen LogP) is 3.36. The van der Waals surface area contributed by atoms with Crippen LogP contribution in [0.15, 0.2) is 47.2 Å². The third-order valence-electron chi connectivity index (χ3n) is 1.86. The van der Waals surface area contributed by atoms with E-state index in [0.717, 1.165) is 15.9 Å². The molecule has 14 heavy (non-hydrogen) atoms. The maximum Gasteiger partial charge on any atom is 0.119 e. The number of ether oxygens (including phenoxy) is 1. The first-order valence-corrected chi connectivity index (χ1v) is 5.14. The second kappa shape index (κ2) is 4.33. The number of nitrogens with one attached hydrogen (secondary N) is 1. The van der Waals surface area contributed by atoms with Crippen LogP contribution < -0.4 is 4.74 Å². The van der Waals surface area contributed by atoms with Crippen molar-refractivity contribution in [2.24, 2.45) is 0 Å². The lowest BCUT2D eigenvalue weighted by Crippen LogP contribution is -1.92. The molecule has 2 nitrogen and oxygen atoms in total. The fourth-order valence-electron chi connectivity index (χ4n) is 1.17. The minimum Gasteiger partial charge on any atom is -0.489 e. The number of rotatable bonds is 3. The highest BCUT2D eigenvalue weighted by molar-refractivity contribution is 9.10. The van der Waals surface area contributed by atoms with E-state index in [0.29, 0.717) is 6.61 Å². The first-order valence-electron chi connectivity index (χ1n) is 4.35. The van der Waals surface area contributed by atoms with Crippen LogP contribution in [0.5, 0.6) is 5.75 Å². The van der Waals surface area contributed by atoms with Crippen molar-refractivity contribution in [1.29, 1.82) is 0 Å². The second-order valence-electron chi connectivity index (χ2n) is 2.96. The van der Waals surface area contributed by atoms with Crippen LogP contribution in [0.1, 0.15) is 5.56 Å². The molecule has 0 radical (unpaired) electrons. The summed E-state index contributed by atoms with van der Waals surface area (Å²) in [6.07, 6.45) is 1.92. The van der Waals surface area contributed by atoms with E-state index in [1.54, 1.807) is 0 Å². The van der Waals surface area contributed by atoms with Gasteiger partial charge in [0.1, 0.15) is 12.4 Å². The fraction of sp³-hybridized carbons (Fsp3) is 0.0909. The van der Waals surface area contributed by atoms with Crippen LogP contribution in [-0.2, 0) is 6.61 Å². The van der Waals surface area contributed by atoms with Gasteiger partial charge in [0.2, 0.25) is 0 Å². The van der Waals surface area contributed by atoms with Crippen molar-refractivity contribution in [3.05, 3.63) is 52.8 Å². The molecule has 0 saturated heterocycles. The van der Waals surface area contributed by atoms with Crippen LogP contribution in [0, 0.1) is 0 Å². The maximum absolute atomic E-state index is 5.56. The van der Waals surface area contributed by atoms with Gasteiger partial charge in [-0.1, -0.05) is 18.2 Å². The fourth-order valence-corrected chi connectivity index (χ4v) is 1.58. The van der Waals surface area contributed by atoms with Crippen LogP contribution in [0.25, 0.3) is 0 Å². The number of H-pyrrole nitrogens is 1. The summed E-state index contributed by atoms with van der Waals surface area (Å²) in [5.74, 6) is 0.893. The summed E-state index contributed by atoms with van der Waals surface area (Å²) in [6.45, 7) is 0.589. The van der Waals surface area contributed by atoms with Gasteiger partial charge in [0.05, 0.1) is 4.60 Å². The number of hydrogen-bond acceptors (Lipinski definition) is 1. The van der Waals surface area contributed by atoms with Gasteiger partial charge in [0.15, 0.2) is 0 Å². The van der Waals surface area contributed by atoms with Crippen molar-refractivity contribution in [2.75, 3.05) is 0 Å². The average molecular weight is 252 g/mol. The van der Waals surface area contributed by atoms with Crippen LogP contribution in [0.3, 0.4) is 0 Å². The van der Waals surface area contributed by atoms with Crippen LogP contribution >= 0.6 is 15.9 Å². The van der Waals surface area contributed by atoms with Crippen molar-refractivity contribution in [3.63, 3.8) is 0 Å². The number of aromatic nitrogens is 1. The largest absolute Gasteiger partial charge is 0.489 e. The molecule has 0 aliphatic rings. The summed E-state index contributed by atoms with van der Waals surface area (Å²) in [5, 5.41) is 0. The Morgan fingerprint density at radius 2 is 2.00 bits per heavy atom. The first-order chi connectivity index (χ1) is 6.84. The highest BCUT2D eigenvalue weighted by Gasteiger charge is 1.97. The summed E-state index contributed by atoms with van der Waals surface area (Å²) in [6, 6.07) is 11.8. The van der Waals surface area contributed by atoms with Crippen LogP contribution in [0.4, 0.5) is 0 Å². The standard InChI is InChI=1S/C11H10BrNO/c12-11-6-9(7-13-11)8-14-10-4-2-1-3-5-10/h1-7,13H,8H2. The van der Waals surface area contributed by atoms with Crippen molar-refractivity contribution in [3.8, 4) is 5.75 Å². The van der Waals surface area contributed by atoms with E-state index < -0.39 is 0 Å². The van der Waals surface area contributed by atoms with Gasteiger partial charge in [0, 0.05) is 11.8 Å². The Hall–Kier alpha value is -1.22. The molecule has 0 spiro atoms. The van der Waals surface area contributed by atoms with Gasteiger partial charge in [-0.05, 0) is 34.1 Å². The molecule has 0 saturated carbocycles. The zero-order valence-corrected chi connectivity index (χ0v) is 9.12. The normalized spacial score (nSPS) is 10.1. The number of para-hydroxylation sites is 1. The number of hydrogen-bond donors (Lipinski definition) is 1. The number of aromatic amines is 1. The third kappa shape index (κ3) is 2.39. The van der Waals surface area contributed by atoms with E-state index in [2.05, 4.69) is 20.9 Å². The SMILES string of the molecule is Brc1cc(COc2ccccc2)c[nH]1. The summed E-state index contributed by atoms with van der Waals surface area (Å²) in [4.78, 5) is 3.04. The lowest BCUT2D eigenvalue weighted by atomic mass is 10.3. The summed E-state index contributed by atoms with van der Waals surface area (Å²) < 4.78 is 6.54. The zero-order chi connectivity index (χ0) is 9.80. The molecular weight excluding hydrogens is 242 g/mol. The molecule has 1 heterocycles. The molecule has 0 amide bonds. The Kier molecular flexibility index (Phi) is 2.89. The van der Waals surface area contributed by atoms with Gasteiger partial charge in [-0.3, -0.25) is 0 Å². The van der Waals surface area contributed by atoms with Gasteiger partial charge in [-0.15, -0.1) is 0 Å². The van der Waals surface area contributed by atoms with Gasteiger partial charge < -0.3 is 9.72 Å². The molecule has 1 N–H and O–H groups in total. The smallest absolute Gasteiger partial charge is 0.119 e. The summed E-state index contributed by atoms with van der Waals surface area (Å²) in [5.41, 5.74) is 1.13. The molecule has 0 fully saturated rings. The zero-order valence-electron chi connectivity index (χ0n) is 7.53. The highest BCUT2D eigenvalue weighted by Crippen LogP contribution is 2.14. The van der Waals surface area contributed by atoms with E-state index in [1.807, 2.05) is 42.6 Å². The highest BCUT2D eigenvalue weighted by atomic mass is 79.9. The lowest BCUT2D eigenvalue weighted by Gasteiger charge is -2.03. The minimum atomic E-state index is 0.589. The molecule has 72 valence electrons. The van der Waals surface area contributed by atoms with Gasteiger partial charge in [-0.25, -0.2) is 0 Å². The van der Waals surface area contributed by atoms with Gasteiger partial charge in [-0.2, -0.15) is 0 Å². The lowest BCUT2D eigenvalue weighted by molar-refractivity contribution is 0.306. The first kappa shape index (κ1) is 9.34. The van der Waals surface area contributed by atoms with E-state index in [-0.39, 0.29) is 0 Å². The quantitative estimate of drug-likeness (QED) is 0.890. The van der Waals surface area contributed by atoms with E-state index in [9.17, 15) is 0 Å². The van der Waals surface area contributed by atoms with E-state index in [4.69, 9.17) is 4.74 Å². The van der Waals surface area contributed by atoms with E-state index in [1.165, 1.54) is 0 Å². The van der Waals surface area contributed by atoms with Crippen LogP contribution in [-0.4, -0.2) is 4.98 Å². The number of halogens is 1. The Morgan fingerprint density at radius 3 is 2.64 bits per heavy atom. The molecule has 1 aromatic carbocycles. The number of benzene rings is 1. The molecular formula is C11H10BrNO. The topological polar surface area (TPSA) is 25.0 Å². The Labute approximate surface area is 91.0 Å². The monoisotopic (exact) mass is 251 g/mol. The molecule has 1 aromatic heterocycles. The molecule has 0 unspecified atom stereocenters. The molecule has 0 aliphatic heterocycles. The van der Waals surface area contributed by atoms with E-state index >= 15 is 0 Å². The Balaban J connectivity index is 1.95. The third-order valence-corrected chi connectivity index (χ3v) is 2.31. The predicted molar refractivity (Wildman–Crippen MR) is 59.3 cm³/mol. The average Bonchev–Trinajstić information content (AvgIpc) is 2.63. The maximum atomic E-state index is 5.56. The minimum absolute atomic E-state index is 0.589. The Morgan fingerprint density at radius 1 is 1.21 bits per heavy atom. The molecule has 0 atom stereocenters. The van der Waals surface area contributed by atoms with Gasteiger partial charge in [0.25, 0.3) is 0 Å². The van der Waals surface area contributed by atoms with Crippen molar-refractivity contribution < 1.29 is 4.74 Å². The molecule has 2 rings (SSSR count). The van der Waals surface area contributed by atoms with Crippen molar-refractivity contribution >= 4 is 15.9 Å². The van der Waals surface area contributed by atoms with Crippen LogP contribution in [0.2, 0.25) is 0 Å². The second-order valence-corrected chi connectivity index (χ2v) is 3.81. The van der Waals surface area contributed by atoms with Crippen molar-refractivity contribution in [1.82, 2.24) is 4.98 Å².